The first-order valence-corrected chi connectivity index (χ1v) is 16.3. The number of guanidine groups is 1. The molecule has 242 valence electrons. The Morgan fingerprint density at radius 3 is 2.74 bits per heavy atom. The first-order chi connectivity index (χ1) is 20.9. The normalized spacial score (nSPS) is 27.0. The number of rotatable bonds is 12. The van der Waals surface area contributed by atoms with Crippen LogP contribution in [0.3, 0.4) is 0 Å². The number of amides is 2. The van der Waals surface area contributed by atoms with Gasteiger partial charge in [-0.15, -0.1) is 0 Å². The summed E-state index contributed by atoms with van der Waals surface area (Å²) in [6, 6.07) is 1.72. The van der Waals surface area contributed by atoms with E-state index in [0.29, 0.717) is 77.3 Å². The van der Waals surface area contributed by atoms with Crippen LogP contribution in [0.1, 0.15) is 71.1 Å². The monoisotopic (exact) mass is 604 g/mol. The van der Waals surface area contributed by atoms with Crippen LogP contribution in [-0.2, 0) is 23.7 Å². The Labute approximate surface area is 256 Å². The summed E-state index contributed by atoms with van der Waals surface area (Å²) in [4.78, 5) is 36.0. The predicted octanol–water partition coefficient (Wildman–Crippen LogP) is 2.68. The summed E-state index contributed by atoms with van der Waals surface area (Å²) in [6.45, 7) is 8.24. The third-order valence-corrected chi connectivity index (χ3v) is 9.16. The van der Waals surface area contributed by atoms with Crippen molar-refractivity contribution < 1.29 is 28.5 Å². The smallest absolute Gasteiger partial charge is 0.413 e. The van der Waals surface area contributed by atoms with Gasteiger partial charge in [-0.1, -0.05) is 39.0 Å². The van der Waals surface area contributed by atoms with Crippen molar-refractivity contribution >= 4 is 18.0 Å². The quantitative estimate of drug-likeness (QED) is 0.322. The number of nitrogens with zero attached hydrogens (tertiary/aromatic N) is 4. The molecule has 0 aromatic carbocycles. The van der Waals surface area contributed by atoms with E-state index < -0.39 is 17.7 Å². The Balaban J connectivity index is 1.44. The number of hydrogen-bond acceptors (Lipinski definition) is 9. The van der Waals surface area contributed by atoms with E-state index in [1.165, 1.54) is 6.42 Å². The molecular formula is C31H52N6O6. The molecule has 0 radical (unpaired) electrons. The minimum Gasteiger partial charge on any atom is -0.449 e. The van der Waals surface area contributed by atoms with Gasteiger partial charge in [0.1, 0.15) is 11.6 Å². The van der Waals surface area contributed by atoms with E-state index >= 15 is 0 Å². The fourth-order valence-corrected chi connectivity index (χ4v) is 6.59. The minimum absolute atomic E-state index is 0.00198. The summed E-state index contributed by atoms with van der Waals surface area (Å²) in [7, 11) is 1.66. The van der Waals surface area contributed by atoms with E-state index in [-0.39, 0.29) is 17.9 Å². The maximum absolute atomic E-state index is 14.0. The molecule has 0 spiro atoms. The number of nitrogens with one attached hydrogen (secondary N) is 2. The number of fused-ring (bicyclic) bond motifs is 2. The van der Waals surface area contributed by atoms with E-state index in [2.05, 4.69) is 21.6 Å². The largest absolute Gasteiger partial charge is 0.449 e. The van der Waals surface area contributed by atoms with Gasteiger partial charge in [-0.05, 0) is 43.9 Å². The second-order valence-electron chi connectivity index (χ2n) is 12.7. The third kappa shape index (κ3) is 10.6. The Bertz CT molecular complexity index is 959. The highest BCUT2D eigenvalue weighted by Crippen LogP contribution is 2.29. The average molecular weight is 605 g/mol. The number of alkyl carbamates (subject to hydrolysis) is 1. The van der Waals surface area contributed by atoms with Gasteiger partial charge in [-0.25, -0.2) is 9.79 Å². The number of nitriles is 1. The minimum atomic E-state index is -0.934. The third-order valence-electron chi connectivity index (χ3n) is 9.16. The van der Waals surface area contributed by atoms with E-state index in [9.17, 15) is 14.9 Å². The van der Waals surface area contributed by atoms with Gasteiger partial charge in [0.2, 0.25) is 11.9 Å². The summed E-state index contributed by atoms with van der Waals surface area (Å²) in [5.74, 6) is 0.675. The molecule has 3 heterocycles. The maximum Gasteiger partial charge on any atom is 0.413 e. The highest BCUT2D eigenvalue weighted by atomic mass is 16.5. The molecule has 3 aliphatic heterocycles. The maximum atomic E-state index is 14.0. The number of morpholine rings is 1. The second kappa shape index (κ2) is 17.1. The van der Waals surface area contributed by atoms with Crippen LogP contribution in [0.5, 0.6) is 0 Å². The summed E-state index contributed by atoms with van der Waals surface area (Å²) < 4.78 is 22.0. The van der Waals surface area contributed by atoms with E-state index in [0.717, 1.165) is 58.2 Å². The van der Waals surface area contributed by atoms with Crippen LogP contribution in [-0.4, -0.2) is 118 Å². The molecule has 4 rings (SSSR count). The molecule has 0 aromatic heterocycles. The lowest BCUT2D eigenvalue weighted by atomic mass is 9.84. The molecule has 1 aliphatic carbocycles. The SMILES string of the molecule is COCCOCCCN1CCC(C#N)(NC(=O)[C@H](CC2CCCCC2)N=C2NC(=O)OCC(C)CC3CN2CCO3)CC1. The number of methoxy groups -OCH3 is 1. The fraction of sp³-hybridized carbons (Fsp3) is 0.871. The summed E-state index contributed by atoms with van der Waals surface area (Å²) >= 11 is 0. The van der Waals surface area contributed by atoms with Crippen molar-refractivity contribution in [3.8, 4) is 6.07 Å². The number of carbonyl (C=O) groups excluding carboxylic acids is 2. The van der Waals surface area contributed by atoms with Gasteiger partial charge >= 0.3 is 6.09 Å². The molecule has 3 saturated heterocycles. The second-order valence-corrected chi connectivity index (χ2v) is 12.7. The number of cyclic esters (lactones) is 1. The lowest BCUT2D eigenvalue weighted by molar-refractivity contribution is -0.124. The van der Waals surface area contributed by atoms with E-state index in [1.54, 1.807) is 7.11 Å². The number of aliphatic imine (C=N–C) groups is 1. The number of likely N-dealkylation sites (tertiary alicyclic amines) is 1. The van der Waals surface area contributed by atoms with Crippen molar-refractivity contribution in [1.82, 2.24) is 20.4 Å². The summed E-state index contributed by atoms with van der Waals surface area (Å²) in [5.41, 5.74) is -0.934. The molecule has 0 aromatic rings. The van der Waals surface area contributed by atoms with Gasteiger partial charge in [0.25, 0.3) is 0 Å². The molecule has 3 atom stereocenters. The van der Waals surface area contributed by atoms with Crippen molar-refractivity contribution in [3.63, 3.8) is 0 Å². The van der Waals surface area contributed by atoms with Crippen molar-refractivity contribution in [2.24, 2.45) is 16.8 Å². The molecule has 2 amide bonds. The average Bonchev–Trinajstić information content (AvgIpc) is 3.02. The van der Waals surface area contributed by atoms with Crippen molar-refractivity contribution in [3.05, 3.63) is 0 Å². The first-order valence-electron chi connectivity index (χ1n) is 16.3. The zero-order valence-electron chi connectivity index (χ0n) is 26.2. The van der Waals surface area contributed by atoms with Gasteiger partial charge in [-0.3, -0.25) is 10.1 Å². The Kier molecular flexibility index (Phi) is 13.3. The van der Waals surface area contributed by atoms with Gasteiger partial charge in [-0.2, -0.15) is 5.26 Å². The Morgan fingerprint density at radius 2 is 2.00 bits per heavy atom. The predicted molar refractivity (Wildman–Crippen MR) is 161 cm³/mol. The van der Waals surface area contributed by atoms with Gasteiger partial charge in [0, 0.05) is 46.4 Å². The van der Waals surface area contributed by atoms with Crippen molar-refractivity contribution in [2.75, 3.05) is 72.9 Å². The van der Waals surface area contributed by atoms with Crippen LogP contribution in [0, 0.1) is 23.2 Å². The van der Waals surface area contributed by atoms with Crippen molar-refractivity contribution in [1.29, 1.82) is 5.26 Å². The van der Waals surface area contributed by atoms with Gasteiger partial charge < -0.3 is 34.1 Å². The van der Waals surface area contributed by atoms with Crippen LogP contribution in [0.25, 0.3) is 0 Å². The molecular weight excluding hydrogens is 552 g/mol. The van der Waals surface area contributed by atoms with Gasteiger partial charge in [0.15, 0.2) is 0 Å². The standard InChI is InChI=1S/C31H52N6O6/c1-24-19-26-21-37(14-16-42-26)29(34-30(39)43-22-24)33-27(20-25-7-4-3-5-8-25)28(38)35-31(23-32)9-12-36(13-10-31)11-6-15-41-18-17-40-2/h24-27H,3-22H2,1-2H3,(H,35,38)(H,33,34,39)/t24?,26?,27-/m0/s1. The molecule has 1 saturated carbocycles. The molecule has 2 bridgehead atoms. The summed E-state index contributed by atoms with van der Waals surface area (Å²) in [5, 5.41) is 16.2. The Morgan fingerprint density at radius 1 is 1.21 bits per heavy atom. The van der Waals surface area contributed by atoms with Crippen LogP contribution in [0.15, 0.2) is 4.99 Å². The number of hydrogen-bond donors (Lipinski definition) is 2. The first kappa shape index (κ1) is 33.4. The van der Waals surface area contributed by atoms with Gasteiger partial charge in [0.05, 0.1) is 38.6 Å². The van der Waals surface area contributed by atoms with Crippen LogP contribution < -0.4 is 10.6 Å². The number of piperidine rings is 1. The molecule has 12 heteroatoms. The molecule has 43 heavy (non-hydrogen) atoms. The van der Waals surface area contributed by atoms with Crippen LogP contribution >= 0.6 is 0 Å². The zero-order chi connectivity index (χ0) is 30.5. The molecule has 4 aliphatic rings. The zero-order valence-corrected chi connectivity index (χ0v) is 26.2. The van der Waals surface area contributed by atoms with E-state index in [4.69, 9.17) is 23.9 Å². The highest BCUT2D eigenvalue weighted by molar-refractivity contribution is 5.96. The summed E-state index contributed by atoms with van der Waals surface area (Å²) in [6.07, 6.45) is 8.49. The number of carbonyl (C=O) groups is 2. The highest BCUT2D eigenvalue weighted by Gasteiger charge is 2.39. The van der Waals surface area contributed by atoms with Crippen LogP contribution in [0.2, 0.25) is 0 Å². The molecule has 2 N–H and O–H groups in total. The van der Waals surface area contributed by atoms with E-state index in [1.807, 2.05) is 11.8 Å². The van der Waals surface area contributed by atoms with Crippen molar-refractivity contribution in [2.45, 2.75) is 88.8 Å². The molecule has 2 unspecified atom stereocenters. The lowest BCUT2D eigenvalue weighted by Crippen LogP contribution is -2.57. The Hall–Kier alpha value is -2.46. The molecule has 12 nitrogen and oxygen atoms in total. The van der Waals surface area contributed by atoms with Crippen LogP contribution in [0.4, 0.5) is 4.79 Å². The number of ether oxygens (including phenoxy) is 4. The lowest BCUT2D eigenvalue weighted by Gasteiger charge is -2.39. The molecule has 4 fully saturated rings. The fourth-order valence-electron chi connectivity index (χ4n) is 6.59. The topological polar surface area (TPSA) is 138 Å².